The van der Waals surface area contributed by atoms with Crippen LogP contribution >= 0.6 is 23.8 Å². The number of nitrogens with one attached hydrogen (secondary N) is 1. The zero-order valence-corrected chi connectivity index (χ0v) is 17.1. The summed E-state index contributed by atoms with van der Waals surface area (Å²) >= 11 is 11.6. The first-order valence-corrected chi connectivity index (χ1v) is 9.37. The van der Waals surface area contributed by atoms with Crippen LogP contribution in [0.15, 0.2) is 73.1 Å². The van der Waals surface area contributed by atoms with Crippen molar-refractivity contribution in [2.75, 3.05) is 12.4 Å². The Bertz CT molecular complexity index is 1020. The van der Waals surface area contributed by atoms with Crippen molar-refractivity contribution in [1.29, 1.82) is 0 Å². The molecule has 1 aromatic heterocycles. The van der Waals surface area contributed by atoms with Crippen molar-refractivity contribution in [3.05, 3.63) is 89.2 Å². The molecule has 0 saturated carbocycles. The van der Waals surface area contributed by atoms with Gasteiger partial charge in [-0.25, -0.2) is 0 Å². The van der Waals surface area contributed by atoms with Gasteiger partial charge in [0.2, 0.25) is 5.70 Å². The number of halogens is 1. The van der Waals surface area contributed by atoms with Crippen LogP contribution in [0, 0.1) is 6.92 Å². The summed E-state index contributed by atoms with van der Waals surface area (Å²) in [4.78, 5) is 0.320. The molecule has 0 fully saturated rings. The van der Waals surface area contributed by atoms with E-state index >= 15 is 0 Å². The molecular formula is C22H19ClN2O2S. The molecule has 0 radical (unpaired) electrons. The van der Waals surface area contributed by atoms with Gasteiger partial charge in [-0.2, -0.15) is 4.57 Å². The Morgan fingerprint density at radius 2 is 1.75 bits per heavy atom. The number of thiocarbonyl (C=S) groups is 1. The van der Waals surface area contributed by atoms with Crippen molar-refractivity contribution in [3.8, 4) is 5.75 Å². The third-order valence-corrected chi connectivity index (χ3v) is 4.64. The molecule has 0 unspecified atom stereocenters. The highest BCUT2D eigenvalue weighted by molar-refractivity contribution is 7.81. The summed E-state index contributed by atoms with van der Waals surface area (Å²) in [6.07, 6.45) is 3.67. The normalized spacial score (nSPS) is 11.5. The number of benzene rings is 2. The number of pyridine rings is 1. The van der Waals surface area contributed by atoms with Crippen LogP contribution in [-0.2, 0) is 0 Å². The minimum absolute atomic E-state index is 0.196. The van der Waals surface area contributed by atoms with E-state index in [1.165, 1.54) is 0 Å². The number of aryl methyl sites for hydroxylation is 1. The average Bonchev–Trinajstić information content (AvgIpc) is 2.69. The maximum absolute atomic E-state index is 13.3. The van der Waals surface area contributed by atoms with Gasteiger partial charge >= 0.3 is 0 Å². The van der Waals surface area contributed by atoms with Gasteiger partial charge in [-0.15, -0.1) is 0 Å². The van der Waals surface area contributed by atoms with E-state index in [1.807, 2.05) is 49.5 Å². The molecule has 0 aliphatic rings. The molecule has 0 aliphatic heterocycles. The van der Waals surface area contributed by atoms with E-state index in [0.29, 0.717) is 21.3 Å². The molecule has 28 heavy (non-hydrogen) atoms. The van der Waals surface area contributed by atoms with E-state index in [9.17, 15) is 5.11 Å². The second-order valence-corrected chi connectivity index (χ2v) is 7.00. The van der Waals surface area contributed by atoms with Crippen LogP contribution in [0.3, 0.4) is 0 Å². The SMILES string of the molecule is COc1ccc(NC(=S)C(=C([O-])c2ccc(Cl)cc2)[n+]2cccc(C)c2)cc1. The molecule has 142 valence electrons. The number of ether oxygens (including phenoxy) is 1. The Morgan fingerprint density at radius 3 is 2.36 bits per heavy atom. The number of aromatic nitrogens is 1. The van der Waals surface area contributed by atoms with Crippen LogP contribution in [-0.4, -0.2) is 12.1 Å². The lowest BCUT2D eigenvalue weighted by molar-refractivity contribution is -0.578. The van der Waals surface area contributed by atoms with Crippen LogP contribution in [0.2, 0.25) is 5.02 Å². The predicted octanol–water partition coefficient (Wildman–Crippen LogP) is 4.07. The van der Waals surface area contributed by atoms with E-state index < -0.39 is 0 Å². The van der Waals surface area contributed by atoms with E-state index in [1.54, 1.807) is 42.1 Å². The summed E-state index contributed by atoms with van der Waals surface area (Å²) in [6, 6.07) is 17.9. The van der Waals surface area contributed by atoms with Gasteiger partial charge in [0.1, 0.15) is 5.75 Å². The lowest BCUT2D eigenvalue weighted by Crippen LogP contribution is -2.40. The molecule has 0 bridgehead atoms. The van der Waals surface area contributed by atoms with Gasteiger partial charge in [-0.05, 0) is 60.7 Å². The van der Waals surface area contributed by atoms with Crippen molar-refractivity contribution in [2.24, 2.45) is 0 Å². The Kier molecular flexibility index (Phi) is 6.29. The highest BCUT2D eigenvalue weighted by Crippen LogP contribution is 2.20. The van der Waals surface area contributed by atoms with Gasteiger partial charge in [-0.3, -0.25) is 0 Å². The molecular weight excluding hydrogens is 392 g/mol. The van der Waals surface area contributed by atoms with Gasteiger partial charge in [0.25, 0.3) is 0 Å². The van der Waals surface area contributed by atoms with Crippen LogP contribution in [0.4, 0.5) is 5.69 Å². The van der Waals surface area contributed by atoms with Crippen LogP contribution < -0.4 is 19.7 Å². The summed E-state index contributed by atoms with van der Waals surface area (Å²) in [5.41, 5.74) is 2.64. The topological polar surface area (TPSA) is 48.2 Å². The van der Waals surface area contributed by atoms with Gasteiger partial charge in [0.05, 0.1) is 7.11 Å². The quantitative estimate of drug-likeness (QED) is 0.298. The molecule has 0 spiro atoms. The molecule has 0 aliphatic carbocycles. The summed E-state index contributed by atoms with van der Waals surface area (Å²) in [5.74, 6) is 0.546. The van der Waals surface area contributed by atoms with E-state index in [0.717, 1.165) is 17.0 Å². The number of methoxy groups -OCH3 is 1. The summed E-state index contributed by atoms with van der Waals surface area (Å²) < 4.78 is 6.92. The van der Waals surface area contributed by atoms with Gasteiger partial charge in [-0.1, -0.05) is 36.0 Å². The Labute approximate surface area is 174 Å². The zero-order valence-electron chi connectivity index (χ0n) is 15.5. The van der Waals surface area contributed by atoms with Gasteiger partial charge in [0.15, 0.2) is 17.4 Å². The van der Waals surface area contributed by atoms with E-state index in [4.69, 9.17) is 28.6 Å². The molecule has 0 atom stereocenters. The Morgan fingerprint density at radius 1 is 1.07 bits per heavy atom. The zero-order chi connectivity index (χ0) is 20.1. The monoisotopic (exact) mass is 410 g/mol. The number of anilines is 1. The van der Waals surface area contributed by atoms with Crippen molar-refractivity contribution in [2.45, 2.75) is 6.92 Å². The van der Waals surface area contributed by atoms with Crippen LogP contribution in [0.25, 0.3) is 11.5 Å². The largest absolute Gasteiger partial charge is 0.867 e. The molecule has 0 amide bonds. The summed E-state index contributed by atoms with van der Waals surface area (Å²) in [6.45, 7) is 1.96. The second-order valence-electron chi connectivity index (χ2n) is 6.16. The third-order valence-electron chi connectivity index (χ3n) is 4.09. The first kappa shape index (κ1) is 19.9. The lowest BCUT2D eigenvalue weighted by Gasteiger charge is -2.17. The average molecular weight is 411 g/mol. The fourth-order valence-electron chi connectivity index (χ4n) is 2.67. The molecule has 4 nitrogen and oxygen atoms in total. The number of hydrogen-bond acceptors (Lipinski definition) is 3. The molecule has 1 N–H and O–H groups in total. The molecule has 3 rings (SSSR count). The summed E-state index contributed by atoms with van der Waals surface area (Å²) in [7, 11) is 1.61. The number of nitrogens with zero attached hydrogens (tertiary/aromatic N) is 1. The molecule has 6 heteroatoms. The molecule has 3 aromatic rings. The third kappa shape index (κ3) is 4.68. The van der Waals surface area contributed by atoms with Crippen molar-refractivity contribution < 1.29 is 14.4 Å². The molecule has 0 saturated heterocycles. The lowest BCUT2D eigenvalue weighted by atomic mass is 10.1. The second kappa shape index (κ2) is 8.87. The van der Waals surface area contributed by atoms with E-state index in [2.05, 4.69) is 5.32 Å². The maximum Gasteiger partial charge on any atom is 0.238 e. The fraction of sp³-hybridized carbons (Fsp3) is 0.0909. The number of rotatable bonds is 5. The molecule has 2 aromatic carbocycles. The van der Waals surface area contributed by atoms with Crippen molar-refractivity contribution in [3.63, 3.8) is 0 Å². The fourth-order valence-corrected chi connectivity index (χ4v) is 3.11. The van der Waals surface area contributed by atoms with Crippen LogP contribution in [0.5, 0.6) is 5.75 Å². The minimum Gasteiger partial charge on any atom is -0.867 e. The smallest absolute Gasteiger partial charge is 0.238 e. The predicted molar refractivity (Wildman–Crippen MR) is 115 cm³/mol. The van der Waals surface area contributed by atoms with Gasteiger partial charge < -0.3 is 15.2 Å². The summed E-state index contributed by atoms with van der Waals surface area (Å²) in [5, 5.41) is 17.0. The van der Waals surface area contributed by atoms with Gasteiger partial charge in [0, 0.05) is 22.3 Å². The maximum atomic E-state index is 13.3. The van der Waals surface area contributed by atoms with E-state index in [-0.39, 0.29) is 5.76 Å². The highest BCUT2D eigenvalue weighted by atomic mass is 35.5. The molecule has 1 heterocycles. The Balaban J connectivity index is 2.03. The highest BCUT2D eigenvalue weighted by Gasteiger charge is 2.19. The first-order chi connectivity index (χ1) is 13.5. The Hall–Kier alpha value is -2.89. The van der Waals surface area contributed by atoms with Crippen molar-refractivity contribution >= 4 is 46.0 Å². The van der Waals surface area contributed by atoms with Crippen molar-refractivity contribution in [1.82, 2.24) is 0 Å². The van der Waals surface area contributed by atoms with Crippen LogP contribution in [0.1, 0.15) is 11.1 Å². The minimum atomic E-state index is -0.196. The first-order valence-electron chi connectivity index (χ1n) is 8.59. The standard InChI is InChI=1S/C22H19ClN2O2S/c1-15-4-3-13-25(14-15)20(21(26)16-5-7-17(23)8-6-16)22(28)24-18-9-11-19(27-2)12-10-18/h3-14H,1-2H3,(H-,24,26,28). The number of hydrogen-bond donors (Lipinski definition) is 1.